The van der Waals surface area contributed by atoms with Gasteiger partial charge in [0.25, 0.3) is 0 Å². The molecule has 0 aliphatic heterocycles. The molecule has 0 saturated heterocycles. The Balaban J connectivity index is 2.54. The van der Waals surface area contributed by atoms with Gasteiger partial charge in [0, 0.05) is 13.5 Å². The summed E-state index contributed by atoms with van der Waals surface area (Å²) in [5.41, 5.74) is 0.134. The zero-order valence-corrected chi connectivity index (χ0v) is 12.0. The predicted octanol–water partition coefficient (Wildman–Crippen LogP) is 2.80. The predicted molar refractivity (Wildman–Crippen MR) is 76.8 cm³/mol. The van der Waals surface area contributed by atoms with Gasteiger partial charge in [0.1, 0.15) is 5.82 Å². The molecule has 0 radical (unpaired) electrons. The van der Waals surface area contributed by atoms with Crippen molar-refractivity contribution in [3.63, 3.8) is 0 Å². The molecule has 1 N–H and O–H groups in total. The molecule has 0 saturated carbocycles. The first-order valence-corrected chi connectivity index (χ1v) is 6.84. The van der Waals surface area contributed by atoms with Crippen LogP contribution in [0.3, 0.4) is 0 Å². The third-order valence-corrected chi connectivity index (χ3v) is 2.96. The van der Waals surface area contributed by atoms with Crippen molar-refractivity contribution in [1.82, 2.24) is 4.90 Å². The fraction of sp³-hybridized carbons (Fsp3) is 0.467. The van der Waals surface area contributed by atoms with E-state index in [9.17, 15) is 14.0 Å². The van der Waals surface area contributed by atoms with Crippen LogP contribution in [0.25, 0.3) is 0 Å². The summed E-state index contributed by atoms with van der Waals surface area (Å²) in [5.74, 6) is -1.02. The molecule has 4 nitrogen and oxygen atoms in total. The molecular weight excluding hydrogens is 259 g/mol. The maximum absolute atomic E-state index is 13.4. The first-order chi connectivity index (χ1) is 9.54. The van der Waals surface area contributed by atoms with Crippen LogP contribution in [-0.4, -0.2) is 29.8 Å². The van der Waals surface area contributed by atoms with E-state index in [4.69, 9.17) is 0 Å². The lowest BCUT2D eigenvalue weighted by Gasteiger charge is -2.20. The number of amides is 2. The number of para-hydroxylation sites is 1. The number of benzene rings is 1. The van der Waals surface area contributed by atoms with E-state index >= 15 is 0 Å². The third-order valence-electron chi connectivity index (χ3n) is 2.96. The van der Waals surface area contributed by atoms with Crippen LogP contribution in [-0.2, 0) is 9.59 Å². The zero-order valence-electron chi connectivity index (χ0n) is 12.0. The van der Waals surface area contributed by atoms with E-state index < -0.39 is 5.82 Å². The van der Waals surface area contributed by atoms with Crippen molar-refractivity contribution in [3.05, 3.63) is 30.1 Å². The third kappa shape index (κ3) is 5.38. The Kier molecular flexibility index (Phi) is 6.70. The minimum Gasteiger partial charge on any atom is -0.334 e. The van der Waals surface area contributed by atoms with Gasteiger partial charge in [-0.2, -0.15) is 0 Å². The van der Waals surface area contributed by atoms with Crippen molar-refractivity contribution in [2.75, 3.05) is 18.4 Å². The van der Waals surface area contributed by atoms with Gasteiger partial charge in [-0.25, -0.2) is 4.39 Å². The van der Waals surface area contributed by atoms with E-state index in [0.29, 0.717) is 6.54 Å². The number of anilines is 1. The van der Waals surface area contributed by atoms with Gasteiger partial charge in [-0.3, -0.25) is 9.59 Å². The van der Waals surface area contributed by atoms with Crippen LogP contribution in [0.5, 0.6) is 0 Å². The van der Waals surface area contributed by atoms with Crippen LogP contribution in [0.2, 0.25) is 0 Å². The number of rotatable bonds is 7. The second-order valence-corrected chi connectivity index (χ2v) is 4.68. The highest BCUT2D eigenvalue weighted by Gasteiger charge is 2.14. The standard InChI is InChI=1S/C15H21FN2O2/c1-3-4-7-10-18(12(2)19)11-15(20)17-14-9-6-5-8-13(14)16/h5-6,8-9H,3-4,7,10-11H2,1-2H3,(H,17,20). The molecule has 0 fully saturated rings. The molecule has 0 atom stereocenters. The van der Waals surface area contributed by atoms with Gasteiger partial charge in [0.2, 0.25) is 11.8 Å². The second kappa shape index (κ2) is 8.30. The van der Waals surface area contributed by atoms with Crippen LogP contribution in [0, 0.1) is 5.82 Å². The number of unbranched alkanes of at least 4 members (excludes halogenated alkanes) is 2. The van der Waals surface area contributed by atoms with E-state index in [1.807, 2.05) is 0 Å². The van der Waals surface area contributed by atoms with E-state index in [1.165, 1.54) is 24.0 Å². The smallest absolute Gasteiger partial charge is 0.244 e. The molecule has 0 aliphatic rings. The van der Waals surface area contributed by atoms with Crippen molar-refractivity contribution >= 4 is 17.5 Å². The fourth-order valence-corrected chi connectivity index (χ4v) is 1.83. The number of nitrogens with one attached hydrogen (secondary N) is 1. The Hall–Kier alpha value is -1.91. The molecule has 0 aliphatic carbocycles. The Bertz CT molecular complexity index is 463. The molecule has 0 spiro atoms. The van der Waals surface area contributed by atoms with Crippen LogP contribution >= 0.6 is 0 Å². The lowest BCUT2D eigenvalue weighted by atomic mass is 10.2. The minimum absolute atomic E-state index is 0.0482. The number of halogens is 1. The molecule has 5 heteroatoms. The van der Waals surface area contributed by atoms with E-state index in [2.05, 4.69) is 12.2 Å². The van der Waals surface area contributed by atoms with Crippen LogP contribution < -0.4 is 5.32 Å². The SMILES string of the molecule is CCCCCN(CC(=O)Nc1ccccc1F)C(C)=O. The monoisotopic (exact) mass is 280 g/mol. The Morgan fingerprint density at radius 2 is 1.95 bits per heavy atom. The molecule has 0 aromatic heterocycles. The highest BCUT2D eigenvalue weighted by atomic mass is 19.1. The van der Waals surface area contributed by atoms with Crippen molar-refractivity contribution in [2.45, 2.75) is 33.1 Å². The summed E-state index contributed by atoms with van der Waals surface area (Å²) in [7, 11) is 0. The van der Waals surface area contributed by atoms with Crippen LogP contribution in [0.15, 0.2) is 24.3 Å². The van der Waals surface area contributed by atoms with Crippen molar-refractivity contribution in [2.24, 2.45) is 0 Å². The molecule has 0 bridgehead atoms. The molecular formula is C15H21FN2O2. The topological polar surface area (TPSA) is 49.4 Å². The highest BCUT2D eigenvalue weighted by Crippen LogP contribution is 2.12. The van der Waals surface area contributed by atoms with Gasteiger partial charge in [-0.05, 0) is 18.6 Å². The van der Waals surface area contributed by atoms with Crippen molar-refractivity contribution in [1.29, 1.82) is 0 Å². The van der Waals surface area contributed by atoms with Gasteiger partial charge in [0.05, 0.1) is 12.2 Å². The number of carbonyl (C=O) groups is 2. The van der Waals surface area contributed by atoms with Gasteiger partial charge in [-0.15, -0.1) is 0 Å². The zero-order chi connectivity index (χ0) is 15.0. The Morgan fingerprint density at radius 1 is 1.25 bits per heavy atom. The van der Waals surface area contributed by atoms with Crippen molar-refractivity contribution < 1.29 is 14.0 Å². The van der Waals surface area contributed by atoms with Gasteiger partial charge in [-0.1, -0.05) is 31.9 Å². The molecule has 1 aromatic carbocycles. The molecule has 0 unspecified atom stereocenters. The van der Waals surface area contributed by atoms with Crippen molar-refractivity contribution in [3.8, 4) is 0 Å². The van der Waals surface area contributed by atoms with E-state index in [0.717, 1.165) is 19.3 Å². The molecule has 110 valence electrons. The number of hydrogen-bond donors (Lipinski definition) is 1. The summed E-state index contributed by atoms with van der Waals surface area (Å²) in [5, 5.41) is 2.48. The molecule has 0 heterocycles. The Labute approximate surface area is 119 Å². The average Bonchev–Trinajstić information content (AvgIpc) is 2.40. The largest absolute Gasteiger partial charge is 0.334 e. The summed E-state index contributed by atoms with van der Waals surface area (Å²) in [4.78, 5) is 24.8. The van der Waals surface area contributed by atoms with Gasteiger partial charge in [0.15, 0.2) is 0 Å². The maximum Gasteiger partial charge on any atom is 0.244 e. The highest BCUT2D eigenvalue weighted by molar-refractivity contribution is 5.94. The summed E-state index contributed by atoms with van der Waals surface area (Å²) >= 11 is 0. The molecule has 2 amide bonds. The second-order valence-electron chi connectivity index (χ2n) is 4.68. The first-order valence-electron chi connectivity index (χ1n) is 6.84. The number of carbonyl (C=O) groups excluding carboxylic acids is 2. The van der Waals surface area contributed by atoms with Gasteiger partial charge < -0.3 is 10.2 Å². The lowest BCUT2D eigenvalue weighted by Crippen LogP contribution is -2.37. The Morgan fingerprint density at radius 3 is 2.55 bits per heavy atom. The molecule has 1 aromatic rings. The summed E-state index contributed by atoms with van der Waals surface area (Å²) in [6.45, 7) is 4.01. The first kappa shape index (κ1) is 16.1. The summed E-state index contributed by atoms with van der Waals surface area (Å²) < 4.78 is 13.4. The number of hydrogen-bond acceptors (Lipinski definition) is 2. The minimum atomic E-state index is -0.485. The fourth-order valence-electron chi connectivity index (χ4n) is 1.83. The molecule has 20 heavy (non-hydrogen) atoms. The van der Waals surface area contributed by atoms with Gasteiger partial charge >= 0.3 is 0 Å². The van der Waals surface area contributed by atoms with Crippen LogP contribution in [0.4, 0.5) is 10.1 Å². The summed E-state index contributed by atoms with van der Waals surface area (Å²) in [6, 6.07) is 5.96. The van der Waals surface area contributed by atoms with Crippen LogP contribution in [0.1, 0.15) is 33.1 Å². The maximum atomic E-state index is 13.4. The average molecular weight is 280 g/mol. The molecule has 1 rings (SSSR count). The quantitative estimate of drug-likeness (QED) is 0.781. The van der Waals surface area contributed by atoms with E-state index in [1.54, 1.807) is 12.1 Å². The summed E-state index contributed by atoms with van der Waals surface area (Å²) in [6.07, 6.45) is 2.93. The number of nitrogens with zero attached hydrogens (tertiary/aromatic N) is 1. The lowest BCUT2D eigenvalue weighted by molar-refractivity contribution is -0.132. The van der Waals surface area contributed by atoms with E-state index in [-0.39, 0.29) is 24.0 Å². The normalized spacial score (nSPS) is 10.2.